The SMILES string of the molecule is COCCCNC(=O)c1c(NC(=O)Cn2ccc3cc([N+](=O)[O-])ccc32)sc2c1CCCC2. The van der Waals surface area contributed by atoms with Crippen LogP contribution in [0.4, 0.5) is 10.7 Å². The van der Waals surface area contributed by atoms with Gasteiger partial charge in [-0.15, -0.1) is 11.3 Å². The van der Waals surface area contributed by atoms with E-state index in [0.717, 1.165) is 48.1 Å². The van der Waals surface area contributed by atoms with Crippen LogP contribution in [-0.2, 0) is 28.9 Å². The van der Waals surface area contributed by atoms with Gasteiger partial charge >= 0.3 is 0 Å². The molecule has 2 aromatic heterocycles. The van der Waals surface area contributed by atoms with E-state index < -0.39 is 4.92 Å². The van der Waals surface area contributed by atoms with Gasteiger partial charge in [-0.3, -0.25) is 19.7 Å². The zero-order chi connectivity index (χ0) is 23.4. The number of nitro groups is 1. The number of aromatic nitrogens is 1. The Morgan fingerprint density at radius 1 is 1.24 bits per heavy atom. The Hall–Kier alpha value is -3.24. The Kier molecular flexibility index (Phi) is 7.05. The molecular formula is C23H26N4O5S. The number of nitro benzene ring substituents is 1. The summed E-state index contributed by atoms with van der Waals surface area (Å²) in [5, 5.41) is 18.2. The highest BCUT2D eigenvalue weighted by atomic mass is 32.1. The van der Waals surface area contributed by atoms with Crippen LogP contribution in [0.25, 0.3) is 10.9 Å². The number of benzene rings is 1. The molecule has 174 valence electrons. The maximum Gasteiger partial charge on any atom is 0.270 e. The number of amides is 2. The number of ether oxygens (including phenoxy) is 1. The second kappa shape index (κ2) is 10.1. The summed E-state index contributed by atoms with van der Waals surface area (Å²) in [6, 6.07) is 6.31. The average molecular weight is 471 g/mol. The van der Waals surface area contributed by atoms with Gasteiger partial charge in [-0.25, -0.2) is 0 Å². The number of nitrogens with zero attached hydrogens (tertiary/aromatic N) is 2. The van der Waals surface area contributed by atoms with E-state index in [2.05, 4.69) is 10.6 Å². The Morgan fingerprint density at radius 2 is 2.06 bits per heavy atom. The number of methoxy groups -OCH3 is 1. The highest BCUT2D eigenvalue weighted by Gasteiger charge is 2.26. The number of nitrogens with one attached hydrogen (secondary N) is 2. The first-order valence-corrected chi connectivity index (χ1v) is 11.7. The second-order valence-corrected chi connectivity index (χ2v) is 9.11. The van der Waals surface area contributed by atoms with Gasteiger partial charge in [0.25, 0.3) is 11.6 Å². The third kappa shape index (κ3) is 5.07. The Morgan fingerprint density at radius 3 is 2.85 bits per heavy atom. The summed E-state index contributed by atoms with van der Waals surface area (Å²) in [4.78, 5) is 37.6. The predicted octanol–water partition coefficient (Wildman–Crippen LogP) is 3.89. The number of thiophene rings is 1. The van der Waals surface area contributed by atoms with E-state index >= 15 is 0 Å². The van der Waals surface area contributed by atoms with Crippen LogP contribution >= 0.6 is 11.3 Å². The number of hydrogen-bond donors (Lipinski definition) is 2. The average Bonchev–Trinajstić information content (AvgIpc) is 3.36. The third-order valence-corrected chi connectivity index (χ3v) is 6.95. The van der Waals surface area contributed by atoms with Gasteiger partial charge in [0.05, 0.1) is 10.5 Å². The number of fused-ring (bicyclic) bond motifs is 2. The molecule has 3 aromatic rings. The fraction of sp³-hybridized carbons (Fsp3) is 0.391. The lowest BCUT2D eigenvalue weighted by Crippen LogP contribution is -2.27. The van der Waals surface area contributed by atoms with E-state index in [1.54, 1.807) is 30.0 Å². The van der Waals surface area contributed by atoms with Crippen LogP contribution < -0.4 is 10.6 Å². The number of anilines is 1. The standard InChI is InChI=1S/C23H26N4O5S/c1-32-12-4-10-24-22(29)21-17-5-2-3-6-19(17)33-23(21)25-20(28)14-26-11-9-15-13-16(27(30)31)7-8-18(15)26/h7-9,11,13H,2-6,10,12,14H2,1H3,(H,24,29)(H,25,28). The lowest BCUT2D eigenvalue weighted by Gasteiger charge is -2.13. The summed E-state index contributed by atoms with van der Waals surface area (Å²) >= 11 is 1.48. The van der Waals surface area contributed by atoms with Crippen LogP contribution in [0.3, 0.4) is 0 Å². The molecule has 0 saturated carbocycles. The fourth-order valence-electron chi connectivity index (χ4n) is 4.16. The molecule has 0 spiro atoms. The van der Waals surface area contributed by atoms with Gasteiger partial charge in [-0.2, -0.15) is 0 Å². The van der Waals surface area contributed by atoms with E-state index in [1.165, 1.54) is 23.5 Å². The van der Waals surface area contributed by atoms with Crippen LogP contribution in [0, 0.1) is 10.1 Å². The molecule has 1 aromatic carbocycles. The topological polar surface area (TPSA) is 116 Å². The Labute approximate surface area is 194 Å². The summed E-state index contributed by atoms with van der Waals surface area (Å²) < 4.78 is 6.78. The molecule has 0 fully saturated rings. The van der Waals surface area contributed by atoms with Crippen molar-refractivity contribution in [1.82, 2.24) is 9.88 Å². The summed E-state index contributed by atoms with van der Waals surface area (Å²) in [6.45, 7) is 1.12. The predicted molar refractivity (Wildman–Crippen MR) is 127 cm³/mol. The molecule has 2 heterocycles. The first kappa shape index (κ1) is 22.9. The van der Waals surface area contributed by atoms with Crippen molar-refractivity contribution in [3.05, 3.63) is 56.6 Å². The van der Waals surface area contributed by atoms with Crippen LogP contribution in [0.2, 0.25) is 0 Å². The first-order chi connectivity index (χ1) is 16.0. The summed E-state index contributed by atoms with van der Waals surface area (Å²) in [6.07, 6.45) is 6.32. The second-order valence-electron chi connectivity index (χ2n) is 8.01. The highest BCUT2D eigenvalue weighted by molar-refractivity contribution is 7.17. The van der Waals surface area contributed by atoms with Gasteiger partial charge < -0.3 is 19.9 Å². The van der Waals surface area contributed by atoms with Crippen molar-refractivity contribution in [3.8, 4) is 0 Å². The molecule has 0 radical (unpaired) electrons. The number of hydrogen-bond acceptors (Lipinski definition) is 6. The Bertz CT molecular complexity index is 1200. The summed E-state index contributed by atoms with van der Waals surface area (Å²) in [7, 11) is 1.62. The number of carbonyl (C=O) groups excluding carboxylic acids is 2. The maximum absolute atomic E-state index is 13.0. The molecule has 10 heteroatoms. The highest BCUT2D eigenvalue weighted by Crippen LogP contribution is 2.38. The molecule has 1 aliphatic carbocycles. The van der Waals surface area contributed by atoms with E-state index in [1.807, 2.05) is 0 Å². The van der Waals surface area contributed by atoms with Crippen molar-refractivity contribution in [2.45, 2.75) is 38.6 Å². The molecule has 1 aliphatic rings. The van der Waals surface area contributed by atoms with E-state index in [0.29, 0.717) is 29.1 Å². The lowest BCUT2D eigenvalue weighted by atomic mass is 9.95. The molecule has 0 atom stereocenters. The van der Waals surface area contributed by atoms with Crippen molar-refractivity contribution >= 4 is 44.7 Å². The molecule has 0 unspecified atom stereocenters. The number of rotatable bonds is 9. The van der Waals surface area contributed by atoms with Gasteiger partial charge in [0.1, 0.15) is 11.5 Å². The fourth-order valence-corrected chi connectivity index (χ4v) is 5.46. The maximum atomic E-state index is 13.0. The van der Waals surface area contributed by atoms with Crippen molar-refractivity contribution in [2.24, 2.45) is 0 Å². The van der Waals surface area contributed by atoms with Crippen LogP contribution in [0.1, 0.15) is 40.1 Å². The van der Waals surface area contributed by atoms with Crippen molar-refractivity contribution < 1.29 is 19.2 Å². The van der Waals surface area contributed by atoms with Gasteiger partial charge in [0.2, 0.25) is 5.91 Å². The molecule has 2 amide bonds. The van der Waals surface area contributed by atoms with E-state index in [-0.39, 0.29) is 24.0 Å². The molecular weight excluding hydrogens is 444 g/mol. The number of aryl methyl sites for hydroxylation is 1. The smallest absolute Gasteiger partial charge is 0.270 e. The molecule has 0 bridgehead atoms. The van der Waals surface area contributed by atoms with E-state index in [4.69, 9.17) is 4.74 Å². The molecule has 0 saturated heterocycles. The molecule has 0 aliphatic heterocycles. The summed E-state index contributed by atoms with van der Waals surface area (Å²) in [5.41, 5.74) is 2.37. The monoisotopic (exact) mass is 470 g/mol. The quantitative estimate of drug-likeness (QED) is 0.280. The van der Waals surface area contributed by atoms with Gasteiger partial charge in [-0.05, 0) is 49.8 Å². The van der Waals surface area contributed by atoms with Gasteiger partial charge in [0.15, 0.2) is 0 Å². The van der Waals surface area contributed by atoms with Crippen LogP contribution in [0.5, 0.6) is 0 Å². The van der Waals surface area contributed by atoms with E-state index in [9.17, 15) is 19.7 Å². The molecule has 9 nitrogen and oxygen atoms in total. The van der Waals surface area contributed by atoms with Crippen LogP contribution in [-0.4, -0.2) is 41.6 Å². The minimum Gasteiger partial charge on any atom is -0.385 e. The minimum atomic E-state index is -0.441. The number of non-ortho nitro benzene ring substituents is 1. The Balaban J connectivity index is 1.52. The van der Waals surface area contributed by atoms with Gasteiger partial charge in [0, 0.05) is 54.4 Å². The third-order valence-electron chi connectivity index (χ3n) is 5.74. The minimum absolute atomic E-state index is 0.00928. The summed E-state index contributed by atoms with van der Waals surface area (Å²) in [5.74, 6) is -0.419. The zero-order valence-electron chi connectivity index (χ0n) is 18.4. The molecule has 4 rings (SSSR count). The molecule has 33 heavy (non-hydrogen) atoms. The van der Waals surface area contributed by atoms with Crippen molar-refractivity contribution in [2.75, 3.05) is 25.6 Å². The van der Waals surface area contributed by atoms with Crippen molar-refractivity contribution in [3.63, 3.8) is 0 Å². The van der Waals surface area contributed by atoms with Crippen molar-refractivity contribution in [1.29, 1.82) is 0 Å². The largest absolute Gasteiger partial charge is 0.385 e. The normalized spacial score (nSPS) is 13.0. The zero-order valence-corrected chi connectivity index (χ0v) is 19.2. The first-order valence-electron chi connectivity index (χ1n) is 10.9. The van der Waals surface area contributed by atoms with Crippen LogP contribution in [0.15, 0.2) is 30.5 Å². The van der Waals surface area contributed by atoms with Gasteiger partial charge in [-0.1, -0.05) is 0 Å². The molecule has 2 N–H and O–H groups in total. The lowest BCUT2D eigenvalue weighted by molar-refractivity contribution is -0.384. The number of carbonyl (C=O) groups is 2.